The summed E-state index contributed by atoms with van der Waals surface area (Å²) >= 11 is 16.8. The zero-order valence-corrected chi connectivity index (χ0v) is 13.4. The lowest BCUT2D eigenvalue weighted by Gasteiger charge is -2.11. The predicted octanol–water partition coefficient (Wildman–Crippen LogP) is 3.99. The number of nitrogens with zero attached hydrogens (tertiary/aromatic N) is 1. The molecule has 0 bridgehead atoms. The fraction of sp³-hybridized carbons (Fsp3) is 0. The molecule has 110 valence electrons. The van der Waals surface area contributed by atoms with E-state index in [4.69, 9.17) is 40.7 Å². The summed E-state index contributed by atoms with van der Waals surface area (Å²) in [4.78, 5) is 12.1. The van der Waals surface area contributed by atoms with Gasteiger partial charge >= 0.3 is 0 Å². The van der Waals surface area contributed by atoms with Crippen molar-refractivity contribution < 1.29 is 4.79 Å². The van der Waals surface area contributed by atoms with Crippen molar-refractivity contribution in [2.45, 2.75) is 0 Å². The van der Waals surface area contributed by atoms with Crippen molar-refractivity contribution in [3.63, 3.8) is 0 Å². The molecule has 2 rings (SSSR count). The average molecular weight is 350 g/mol. The van der Waals surface area contributed by atoms with Gasteiger partial charge in [-0.25, -0.2) is 0 Å². The number of hydrogen-bond donors (Lipinski definition) is 2. The fourth-order valence-electron chi connectivity index (χ4n) is 1.69. The summed E-state index contributed by atoms with van der Waals surface area (Å²) in [6, 6.07) is 13.4. The fourth-order valence-corrected chi connectivity index (χ4v) is 2.38. The lowest BCUT2D eigenvalue weighted by atomic mass is 10.2. The van der Waals surface area contributed by atoms with Crippen LogP contribution < -0.4 is 10.6 Å². The molecule has 2 aromatic rings. The first-order valence-electron chi connectivity index (χ1n) is 6.08. The maximum atomic E-state index is 12.1. The molecule has 0 heterocycles. The highest BCUT2D eigenvalue weighted by atomic mass is 35.5. The second-order valence-corrected chi connectivity index (χ2v) is 5.44. The predicted molar refractivity (Wildman–Crippen MR) is 91.3 cm³/mol. The average Bonchev–Trinajstić information content (AvgIpc) is 2.47. The third-order valence-corrected chi connectivity index (χ3v) is 3.45. The van der Waals surface area contributed by atoms with Gasteiger partial charge in [-0.15, -0.1) is 0 Å². The van der Waals surface area contributed by atoms with Crippen LogP contribution in [0.3, 0.4) is 0 Å². The van der Waals surface area contributed by atoms with Gasteiger partial charge < -0.3 is 5.32 Å². The van der Waals surface area contributed by atoms with E-state index in [0.717, 1.165) is 0 Å². The number of halogens is 2. The monoisotopic (exact) mass is 349 g/mol. The van der Waals surface area contributed by atoms with Gasteiger partial charge in [0.05, 0.1) is 21.8 Å². The van der Waals surface area contributed by atoms with Crippen molar-refractivity contribution in [2.24, 2.45) is 0 Å². The van der Waals surface area contributed by atoms with Crippen LogP contribution in [0.2, 0.25) is 10.0 Å². The molecule has 0 radical (unpaired) electrons. The topological polar surface area (TPSA) is 64.9 Å². The van der Waals surface area contributed by atoms with Crippen molar-refractivity contribution in [3.05, 3.63) is 63.6 Å². The van der Waals surface area contributed by atoms with E-state index in [9.17, 15) is 4.79 Å². The van der Waals surface area contributed by atoms with E-state index >= 15 is 0 Å². The maximum absolute atomic E-state index is 12.1. The Kier molecular flexibility index (Phi) is 5.34. The first kappa shape index (κ1) is 16.2. The molecule has 0 aliphatic heterocycles. The summed E-state index contributed by atoms with van der Waals surface area (Å²) in [7, 11) is 0. The van der Waals surface area contributed by atoms with Gasteiger partial charge in [0.1, 0.15) is 6.07 Å². The maximum Gasteiger partial charge on any atom is 0.258 e. The lowest BCUT2D eigenvalue weighted by Crippen LogP contribution is -2.34. The largest absolute Gasteiger partial charge is 0.331 e. The van der Waals surface area contributed by atoms with Gasteiger partial charge in [0, 0.05) is 5.02 Å². The van der Waals surface area contributed by atoms with Crippen molar-refractivity contribution in [1.29, 1.82) is 5.26 Å². The number of amides is 1. The van der Waals surface area contributed by atoms with Gasteiger partial charge in [-0.2, -0.15) is 5.26 Å². The first-order chi connectivity index (χ1) is 10.5. The summed E-state index contributed by atoms with van der Waals surface area (Å²) in [5.41, 5.74) is 1.19. The van der Waals surface area contributed by atoms with Gasteiger partial charge in [0.15, 0.2) is 5.11 Å². The molecular formula is C15H9Cl2N3OS. The number of para-hydroxylation sites is 1. The van der Waals surface area contributed by atoms with E-state index in [-0.39, 0.29) is 15.7 Å². The molecule has 7 heteroatoms. The quantitative estimate of drug-likeness (QED) is 0.804. The van der Waals surface area contributed by atoms with Gasteiger partial charge in [-0.05, 0) is 42.5 Å². The van der Waals surface area contributed by atoms with E-state index in [1.807, 2.05) is 6.07 Å². The van der Waals surface area contributed by atoms with Gasteiger partial charge in [-0.1, -0.05) is 35.3 Å². The molecule has 0 aliphatic rings. The molecule has 1 amide bonds. The van der Waals surface area contributed by atoms with Crippen LogP contribution in [0.1, 0.15) is 15.9 Å². The normalized spacial score (nSPS) is 9.68. The van der Waals surface area contributed by atoms with Crippen molar-refractivity contribution >= 4 is 52.1 Å². The zero-order chi connectivity index (χ0) is 16.1. The van der Waals surface area contributed by atoms with Crippen LogP contribution in [-0.4, -0.2) is 11.0 Å². The van der Waals surface area contributed by atoms with Crippen molar-refractivity contribution in [3.8, 4) is 6.07 Å². The Bertz CT molecular complexity index is 787. The summed E-state index contributed by atoms with van der Waals surface area (Å²) in [6.07, 6.45) is 0. The highest BCUT2D eigenvalue weighted by Crippen LogP contribution is 2.21. The first-order valence-corrected chi connectivity index (χ1v) is 7.24. The molecule has 0 spiro atoms. The molecule has 0 fully saturated rings. The summed E-state index contributed by atoms with van der Waals surface area (Å²) in [6.45, 7) is 0. The molecule has 0 aliphatic carbocycles. The Hall–Kier alpha value is -2.13. The molecule has 2 aromatic carbocycles. The van der Waals surface area contributed by atoms with Crippen LogP contribution in [0.15, 0.2) is 42.5 Å². The number of benzene rings is 2. The number of carbonyl (C=O) groups is 1. The van der Waals surface area contributed by atoms with Crippen molar-refractivity contribution in [2.75, 3.05) is 5.32 Å². The summed E-state index contributed by atoms with van der Waals surface area (Å²) in [5, 5.41) is 15.0. The Labute approximate surface area is 142 Å². The molecule has 0 atom stereocenters. The van der Waals surface area contributed by atoms with Gasteiger partial charge in [0.2, 0.25) is 0 Å². The molecule has 0 aromatic heterocycles. The summed E-state index contributed by atoms with van der Waals surface area (Å²) in [5.74, 6) is -0.464. The minimum absolute atomic E-state index is 0.0683. The van der Waals surface area contributed by atoms with Gasteiger partial charge in [0.25, 0.3) is 5.91 Å². The smallest absolute Gasteiger partial charge is 0.258 e. The number of thiocarbonyl (C=S) groups is 1. The van der Waals surface area contributed by atoms with E-state index in [0.29, 0.717) is 16.3 Å². The SMILES string of the molecule is N#Cc1ccccc1NC(=S)NC(=O)c1ccc(Cl)cc1Cl. The van der Waals surface area contributed by atoms with Crippen LogP contribution in [0, 0.1) is 11.3 Å². The third kappa shape index (κ3) is 3.95. The Morgan fingerprint density at radius 1 is 1.18 bits per heavy atom. The van der Waals surface area contributed by atoms with Crippen LogP contribution >= 0.6 is 35.4 Å². The Morgan fingerprint density at radius 2 is 1.91 bits per heavy atom. The molecule has 4 nitrogen and oxygen atoms in total. The van der Waals surface area contributed by atoms with E-state index < -0.39 is 5.91 Å². The number of hydrogen-bond acceptors (Lipinski definition) is 3. The van der Waals surface area contributed by atoms with E-state index in [1.54, 1.807) is 30.3 Å². The van der Waals surface area contributed by atoms with Crippen LogP contribution in [-0.2, 0) is 0 Å². The molecule has 0 unspecified atom stereocenters. The molecule has 2 N–H and O–H groups in total. The lowest BCUT2D eigenvalue weighted by molar-refractivity contribution is 0.0978. The van der Waals surface area contributed by atoms with E-state index in [1.165, 1.54) is 12.1 Å². The van der Waals surface area contributed by atoms with Crippen LogP contribution in [0.5, 0.6) is 0 Å². The number of anilines is 1. The number of nitrogens with one attached hydrogen (secondary N) is 2. The number of nitriles is 1. The number of rotatable bonds is 2. The van der Waals surface area contributed by atoms with Crippen molar-refractivity contribution in [1.82, 2.24) is 5.32 Å². The Morgan fingerprint density at radius 3 is 2.59 bits per heavy atom. The summed E-state index contributed by atoms with van der Waals surface area (Å²) < 4.78 is 0. The standard InChI is InChI=1S/C15H9Cl2N3OS/c16-10-5-6-11(12(17)7-10)14(21)20-15(22)19-13-4-2-1-3-9(13)8-18/h1-7H,(H2,19,20,21,22). The van der Waals surface area contributed by atoms with Crippen LogP contribution in [0.4, 0.5) is 5.69 Å². The van der Waals surface area contributed by atoms with Gasteiger partial charge in [-0.3, -0.25) is 10.1 Å². The zero-order valence-electron chi connectivity index (χ0n) is 11.1. The second-order valence-electron chi connectivity index (χ2n) is 4.19. The van der Waals surface area contributed by atoms with E-state index in [2.05, 4.69) is 10.6 Å². The minimum atomic E-state index is -0.464. The Balaban J connectivity index is 2.09. The second kappa shape index (κ2) is 7.23. The highest BCUT2D eigenvalue weighted by molar-refractivity contribution is 7.80. The minimum Gasteiger partial charge on any atom is -0.331 e. The molecule has 22 heavy (non-hydrogen) atoms. The van der Waals surface area contributed by atoms with Crippen LogP contribution in [0.25, 0.3) is 0 Å². The third-order valence-electron chi connectivity index (χ3n) is 2.70. The highest BCUT2D eigenvalue weighted by Gasteiger charge is 2.13. The number of carbonyl (C=O) groups excluding carboxylic acids is 1. The molecular weight excluding hydrogens is 341 g/mol. The molecule has 0 saturated heterocycles. The molecule has 0 saturated carbocycles.